The van der Waals surface area contributed by atoms with E-state index in [0.29, 0.717) is 12.5 Å². The molecule has 4 aliphatic rings. The summed E-state index contributed by atoms with van der Waals surface area (Å²) in [6.07, 6.45) is 1.88. The fraction of sp³-hybridized carbons (Fsp3) is 0.542. The van der Waals surface area contributed by atoms with Gasteiger partial charge in [0.25, 0.3) is 0 Å². The van der Waals surface area contributed by atoms with Gasteiger partial charge in [-0.15, -0.1) is 0 Å². The molecule has 2 atom stereocenters. The number of piperidine rings is 3. The van der Waals surface area contributed by atoms with Gasteiger partial charge in [0, 0.05) is 23.1 Å². The minimum Gasteiger partial charge on any atom is -0.496 e. The first-order valence-corrected chi connectivity index (χ1v) is 12.0. The number of alkyl carbamates (subject to hydrolysis) is 1. The van der Waals surface area contributed by atoms with Crippen LogP contribution >= 0.6 is 11.3 Å². The number of hydrogen-bond acceptors (Lipinski definition) is 6. The normalized spacial score (nSPS) is 28.4. The van der Waals surface area contributed by atoms with Crippen LogP contribution in [0.3, 0.4) is 0 Å². The topological polar surface area (TPSA) is 60.0 Å². The third-order valence-corrected chi connectivity index (χ3v) is 7.66. The molecule has 1 aromatic carbocycles. The molecule has 5 heterocycles. The van der Waals surface area contributed by atoms with E-state index in [1.54, 1.807) is 18.4 Å². The molecule has 166 valence electrons. The van der Waals surface area contributed by atoms with Crippen molar-refractivity contribution >= 4 is 17.4 Å². The number of amides is 1. The molecule has 0 saturated carbocycles. The molecule has 6 rings (SSSR count). The lowest BCUT2D eigenvalue weighted by atomic mass is 9.78. The van der Waals surface area contributed by atoms with E-state index >= 15 is 0 Å². The van der Waals surface area contributed by atoms with Crippen molar-refractivity contribution in [3.8, 4) is 22.6 Å². The summed E-state index contributed by atoms with van der Waals surface area (Å²) in [6.45, 7) is 7.82. The van der Waals surface area contributed by atoms with Crippen LogP contribution in [-0.4, -0.2) is 50.4 Å². The Balaban J connectivity index is 1.40. The highest BCUT2D eigenvalue weighted by atomic mass is 32.1. The maximum atomic E-state index is 12.9. The van der Waals surface area contributed by atoms with Crippen LogP contribution in [0.5, 0.6) is 11.5 Å². The molecule has 0 spiro atoms. The molecule has 6 nitrogen and oxygen atoms in total. The lowest BCUT2D eigenvalue weighted by Gasteiger charge is -2.44. The van der Waals surface area contributed by atoms with Gasteiger partial charge in [0.2, 0.25) is 0 Å². The first-order valence-electron chi connectivity index (χ1n) is 11.0. The first kappa shape index (κ1) is 20.6. The molecule has 3 saturated heterocycles. The smallest absolute Gasteiger partial charge is 0.407 e. The van der Waals surface area contributed by atoms with Crippen LogP contribution in [0.25, 0.3) is 11.1 Å². The third kappa shape index (κ3) is 3.89. The largest absolute Gasteiger partial charge is 0.496 e. The van der Waals surface area contributed by atoms with Gasteiger partial charge in [-0.25, -0.2) is 4.79 Å². The van der Waals surface area contributed by atoms with Crippen molar-refractivity contribution in [2.75, 3.05) is 33.4 Å². The Labute approximate surface area is 187 Å². The average molecular weight is 443 g/mol. The van der Waals surface area contributed by atoms with E-state index in [-0.39, 0.29) is 23.7 Å². The van der Waals surface area contributed by atoms with Gasteiger partial charge in [-0.1, -0.05) is 13.8 Å². The summed E-state index contributed by atoms with van der Waals surface area (Å²) in [5, 5.41) is 7.31. The van der Waals surface area contributed by atoms with E-state index in [4.69, 9.17) is 14.2 Å². The van der Waals surface area contributed by atoms with Crippen molar-refractivity contribution in [2.24, 2.45) is 11.3 Å². The second-order valence-corrected chi connectivity index (χ2v) is 10.3. The lowest BCUT2D eigenvalue weighted by molar-refractivity contribution is -0.0361. The third-order valence-electron chi connectivity index (χ3n) is 6.97. The molecule has 4 aliphatic heterocycles. The zero-order chi connectivity index (χ0) is 21.6. The minimum atomic E-state index is -0.342. The van der Waals surface area contributed by atoms with Crippen molar-refractivity contribution in [3.63, 3.8) is 0 Å². The summed E-state index contributed by atoms with van der Waals surface area (Å²) in [6, 6.07) is 5.87. The Morgan fingerprint density at radius 2 is 2.10 bits per heavy atom. The predicted octanol–water partition coefficient (Wildman–Crippen LogP) is 4.70. The van der Waals surface area contributed by atoms with Gasteiger partial charge in [0.05, 0.1) is 19.8 Å². The highest BCUT2D eigenvalue weighted by molar-refractivity contribution is 7.08. The van der Waals surface area contributed by atoms with Crippen molar-refractivity contribution in [2.45, 2.75) is 38.8 Å². The van der Waals surface area contributed by atoms with Gasteiger partial charge in [0.15, 0.2) is 0 Å². The number of nitrogens with one attached hydrogen (secondary N) is 1. The fourth-order valence-electron chi connectivity index (χ4n) is 5.11. The van der Waals surface area contributed by atoms with Crippen molar-refractivity contribution in [1.29, 1.82) is 0 Å². The number of ether oxygens (including phenoxy) is 3. The Kier molecular flexibility index (Phi) is 5.34. The van der Waals surface area contributed by atoms with E-state index in [2.05, 4.69) is 35.5 Å². The minimum absolute atomic E-state index is 0.0135. The van der Waals surface area contributed by atoms with E-state index in [1.807, 2.05) is 17.5 Å². The van der Waals surface area contributed by atoms with E-state index in [9.17, 15) is 4.79 Å². The average Bonchev–Trinajstić information content (AvgIpc) is 3.30. The lowest BCUT2D eigenvalue weighted by Crippen LogP contribution is -2.53. The maximum absolute atomic E-state index is 12.9. The summed E-state index contributed by atoms with van der Waals surface area (Å²) >= 11 is 1.65. The molecule has 1 aromatic heterocycles. The SMILES string of the molecule is COc1cc2c(cc1-c1ccsc1)OCC(C)(C)C2NC(=O)OC1CN2CCC1CC2. The number of hydrogen-bond donors (Lipinski definition) is 1. The molecule has 0 aliphatic carbocycles. The van der Waals surface area contributed by atoms with Crippen LogP contribution in [0.4, 0.5) is 4.79 Å². The van der Waals surface area contributed by atoms with Crippen LogP contribution in [0.1, 0.15) is 38.3 Å². The summed E-state index contributed by atoms with van der Waals surface area (Å²) < 4.78 is 17.8. The molecule has 0 radical (unpaired) electrons. The van der Waals surface area contributed by atoms with Gasteiger partial charge in [-0.3, -0.25) is 4.90 Å². The van der Waals surface area contributed by atoms with Gasteiger partial charge in [0.1, 0.15) is 17.6 Å². The standard InChI is InChI=1S/C24H30N2O4S/c1-24(2)14-29-20-10-17(16-6-9-31-13-16)19(28-3)11-18(20)22(24)25-23(27)30-21-12-26-7-4-15(21)5-8-26/h6,9-11,13,15,21-22H,4-5,7-8,12,14H2,1-3H3,(H,25,27). The fourth-order valence-corrected chi connectivity index (χ4v) is 5.77. The Morgan fingerprint density at radius 3 is 2.74 bits per heavy atom. The highest BCUT2D eigenvalue weighted by Crippen LogP contribution is 2.47. The van der Waals surface area contributed by atoms with Crippen molar-refractivity contribution in [3.05, 3.63) is 34.5 Å². The first-order chi connectivity index (χ1) is 14.9. The number of thiophene rings is 1. The van der Waals surface area contributed by atoms with Gasteiger partial charge >= 0.3 is 6.09 Å². The summed E-state index contributed by atoms with van der Waals surface area (Å²) in [5.41, 5.74) is 2.74. The molecule has 2 aromatic rings. The highest BCUT2D eigenvalue weighted by Gasteiger charge is 2.41. The number of carbonyl (C=O) groups excluding carboxylic acids is 1. The number of fused-ring (bicyclic) bond motifs is 4. The Bertz CT molecular complexity index is 951. The molecule has 2 unspecified atom stereocenters. The van der Waals surface area contributed by atoms with Crippen molar-refractivity contribution < 1.29 is 19.0 Å². The second kappa shape index (κ2) is 8.02. The van der Waals surface area contributed by atoms with Crippen LogP contribution < -0.4 is 14.8 Å². The molecular formula is C24H30N2O4S. The Hall–Kier alpha value is -2.25. The van der Waals surface area contributed by atoms with Crippen LogP contribution in [0.2, 0.25) is 0 Å². The zero-order valence-electron chi connectivity index (χ0n) is 18.3. The van der Waals surface area contributed by atoms with Crippen LogP contribution in [-0.2, 0) is 4.74 Å². The Morgan fingerprint density at radius 1 is 1.29 bits per heavy atom. The van der Waals surface area contributed by atoms with Crippen LogP contribution in [0.15, 0.2) is 29.0 Å². The summed E-state index contributed by atoms with van der Waals surface area (Å²) in [4.78, 5) is 15.3. The number of methoxy groups -OCH3 is 1. The maximum Gasteiger partial charge on any atom is 0.407 e. The van der Waals surface area contributed by atoms with Gasteiger partial charge < -0.3 is 19.5 Å². The van der Waals surface area contributed by atoms with Crippen molar-refractivity contribution in [1.82, 2.24) is 10.2 Å². The van der Waals surface area contributed by atoms with Crippen LogP contribution in [0, 0.1) is 11.3 Å². The summed E-state index contributed by atoms with van der Waals surface area (Å²) in [5.74, 6) is 2.05. The molecule has 31 heavy (non-hydrogen) atoms. The van der Waals surface area contributed by atoms with Gasteiger partial charge in [-0.2, -0.15) is 11.3 Å². The summed E-state index contributed by atoms with van der Waals surface area (Å²) in [7, 11) is 1.68. The number of carbonyl (C=O) groups is 1. The molecular weight excluding hydrogens is 412 g/mol. The number of rotatable bonds is 4. The monoisotopic (exact) mass is 442 g/mol. The molecule has 1 amide bonds. The number of nitrogens with zero attached hydrogens (tertiary/aromatic N) is 1. The molecule has 7 heteroatoms. The van der Waals surface area contributed by atoms with E-state index < -0.39 is 0 Å². The van der Waals surface area contributed by atoms with E-state index in [0.717, 1.165) is 60.7 Å². The zero-order valence-corrected chi connectivity index (χ0v) is 19.2. The second-order valence-electron chi connectivity index (χ2n) is 9.54. The molecule has 3 fully saturated rings. The van der Waals surface area contributed by atoms with Gasteiger partial charge in [-0.05, 0) is 66.4 Å². The van der Waals surface area contributed by atoms with E-state index in [1.165, 1.54) is 0 Å². The number of benzene rings is 1. The molecule has 1 N–H and O–H groups in total. The predicted molar refractivity (Wildman–Crippen MR) is 121 cm³/mol. The quantitative estimate of drug-likeness (QED) is 0.744. The molecule has 2 bridgehead atoms.